The molecule has 3 aliphatic rings. The number of allylic oxidation sites excluding steroid dienone is 1. The molecular formula is C21H27NOS. The van der Waals surface area contributed by atoms with E-state index in [9.17, 15) is 4.91 Å². The molecule has 0 aromatic heterocycles. The Kier molecular flexibility index (Phi) is 4.11. The van der Waals surface area contributed by atoms with Gasteiger partial charge in [-0.25, -0.2) is 0 Å². The standard InChI is InChI=1S/C21H27NOS/c1-3-13-10-18-14(11-20(13)22-23)4-6-17-16(18)8-9-21(2)15(12-24)5-7-19(17)21/h10-12,16-17,19,24H,3-9H2,1-2H3/b15-12+. The molecule has 2 fully saturated rings. The van der Waals surface area contributed by atoms with Gasteiger partial charge >= 0.3 is 0 Å². The zero-order chi connectivity index (χ0) is 16.9. The van der Waals surface area contributed by atoms with Gasteiger partial charge in [0.15, 0.2) is 0 Å². The van der Waals surface area contributed by atoms with Gasteiger partial charge < -0.3 is 0 Å². The van der Waals surface area contributed by atoms with E-state index in [1.54, 1.807) is 5.57 Å². The quantitative estimate of drug-likeness (QED) is 0.495. The fourth-order valence-electron chi connectivity index (χ4n) is 6.08. The van der Waals surface area contributed by atoms with E-state index in [-0.39, 0.29) is 0 Å². The summed E-state index contributed by atoms with van der Waals surface area (Å²) in [6.45, 7) is 4.60. The fourth-order valence-corrected chi connectivity index (χ4v) is 6.51. The molecular weight excluding hydrogens is 314 g/mol. The number of aryl methyl sites for hydroxylation is 2. The molecule has 2 nitrogen and oxygen atoms in total. The third-order valence-corrected chi connectivity index (χ3v) is 7.72. The van der Waals surface area contributed by atoms with Gasteiger partial charge in [-0.1, -0.05) is 25.5 Å². The molecule has 3 aliphatic carbocycles. The van der Waals surface area contributed by atoms with Crippen LogP contribution in [0.1, 0.15) is 68.6 Å². The Labute approximate surface area is 150 Å². The van der Waals surface area contributed by atoms with E-state index in [2.05, 4.69) is 49.2 Å². The van der Waals surface area contributed by atoms with Gasteiger partial charge in [-0.2, -0.15) is 12.6 Å². The van der Waals surface area contributed by atoms with Gasteiger partial charge in [-0.3, -0.25) is 0 Å². The van der Waals surface area contributed by atoms with Crippen molar-refractivity contribution in [3.63, 3.8) is 0 Å². The Morgan fingerprint density at radius 3 is 2.83 bits per heavy atom. The maximum atomic E-state index is 11.2. The molecule has 0 N–H and O–H groups in total. The van der Waals surface area contributed by atoms with Crippen molar-refractivity contribution < 1.29 is 0 Å². The van der Waals surface area contributed by atoms with E-state index in [1.165, 1.54) is 43.2 Å². The molecule has 0 radical (unpaired) electrons. The summed E-state index contributed by atoms with van der Waals surface area (Å²) < 4.78 is 0. The van der Waals surface area contributed by atoms with Gasteiger partial charge in [-0.05, 0) is 101 Å². The number of hydrogen-bond donors (Lipinski definition) is 1. The lowest BCUT2D eigenvalue weighted by atomic mass is 9.55. The van der Waals surface area contributed by atoms with Gasteiger partial charge in [0.25, 0.3) is 0 Å². The van der Waals surface area contributed by atoms with Crippen LogP contribution in [0.2, 0.25) is 0 Å². The molecule has 4 rings (SSSR count). The van der Waals surface area contributed by atoms with E-state index in [1.807, 2.05) is 0 Å². The Bertz CT molecular complexity index is 710. The minimum atomic E-state index is 0.373. The molecule has 128 valence electrons. The summed E-state index contributed by atoms with van der Waals surface area (Å²) in [6.07, 6.45) is 8.37. The summed E-state index contributed by atoms with van der Waals surface area (Å²) >= 11 is 4.50. The van der Waals surface area contributed by atoms with Crippen molar-refractivity contribution in [1.82, 2.24) is 0 Å². The maximum Gasteiger partial charge on any atom is 0.111 e. The third-order valence-electron chi connectivity index (χ3n) is 7.41. The lowest BCUT2D eigenvalue weighted by Gasteiger charge is -2.49. The predicted octanol–water partition coefficient (Wildman–Crippen LogP) is 6.32. The average molecular weight is 342 g/mol. The first-order valence-electron chi connectivity index (χ1n) is 9.45. The van der Waals surface area contributed by atoms with Crippen LogP contribution in [0.15, 0.2) is 28.3 Å². The van der Waals surface area contributed by atoms with Crippen molar-refractivity contribution in [2.24, 2.45) is 22.4 Å². The van der Waals surface area contributed by atoms with Crippen molar-refractivity contribution in [3.05, 3.63) is 44.7 Å². The molecule has 24 heavy (non-hydrogen) atoms. The molecule has 4 atom stereocenters. The lowest BCUT2D eigenvalue weighted by Crippen LogP contribution is -2.40. The topological polar surface area (TPSA) is 29.4 Å². The van der Waals surface area contributed by atoms with Crippen molar-refractivity contribution in [2.45, 2.75) is 64.7 Å². The molecule has 0 heterocycles. The second-order valence-electron chi connectivity index (χ2n) is 8.19. The summed E-state index contributed by atoms with van der Waals surface area (Å²) in [5.41, 5.74) is 6.65. The zero-order valence-corrected chi connectivity index (χ0v) is 15.6. The summed E-state index contributed by atoms with van der Waals surface area (Å²) in [6, 6.07) is 4.40. The molecule has 2 saturated carbocycles. The highest BCUT2D eigenvalue weighted by atomic mass is 32.1. The highest BCUT2D eigenvalue weighted by Gasteiger charge is 2.52. The van der Waals surface area contributed by atoms with E-state index in [0.717, 1.165) is 30.2 Å². The smallest absolute Gasteiger partial charge is 0.111 e. The molecule has 3 heteroatoms. The molecule has 0 aliphatic heterocycles. The van der Waals surface area contributed by atoms with Gasteiger partial charge in [0.2, 0.25) is 0 Å². The highest BCUT2D eigenvalue weighted by molar-refractivity contribution is 7.83. The third kappa shape index (κ3) is 2.23. The van der Waals surface area contributed by atoms with Gasteiger partial charge in [-0.15, -0.1) is 4.91 Å². The van der Waals surface area contributed by atoms with Gasteiger partial charge in [0, 0.05) is 0 Å². The van der Waals surface area contributed by atoms with E-state index in [4.69, 9.17) is 0 Å². The van der Waals surface area contributed by atoms with E-state index in [0.29, 0.717) is 17.0 Å². The normalized spacial score (nSPS) is 36.1. The van der Waals surface area contributed by atoms with E-state index < -0.39 is 0 Å². The summed E-state index contributed by atoms with van der Waals surface area (Å²) in [5, 5.41) is 5.36. The Hall–Kier alpha value is -1.09. The number of nitrogens with zero attached hydrogens (tertiary/aromatic N) is 1. The van der Waals surface area contributed by atoms with Crippen LogP contribution in [0.5, 0.6) is 0 Å². The van der Waals surface area contributed by atoms with Gasteiger partial charge in [0.05, 0.1) is 0 Å². The first kappa shape index (κ1) is 16.4. The van der Waals surface area contributed by atoms with Crippen LogP contribution in [-0.2, 0) is 12.8 Å². The van der Waals surface area contributed by atoms with Crippen LogP contribution in [0.4, 0.5) is 5.69 Å². The van der Waals surface area contributed by atoms with Crippen LogP contribution in [0.3, 0.4) is 0 Å². The minimum absolute atomic E-state index is 0.373. The van der Waals surface area contributed by atoms with Crippen molar-refractivity contribution in [2.75, 3.05) is 0 Å². The van der Waals surface area contributed by atoms with Crippen LogP contribution >= 0.6 is 12.6 Å². The molecule has 0 amide bonds. The average Bonchev–Trinajstić information content (AvgIpc) is 2.96. The van der Waals surface area contributed by atoms with Crippen LogP contribution in [0.25, 0.3) is 0 Å². The Morgan fingerprint density at radius 1 is 1.29 bits per heavy atom. The molecule has 0 saturated heterocycles. The zero-order valence-electron chi connectivity index (χ0n) is 14.7. The van der Waals surface area contributed by atoms with Gasteiger partial charge in [0.1, 0.15) is 5.69 Å². The molecule has 0 bridgehead atoms. The minimum Gasteiger partial charge on any atom is -0.151 e. The SMILES string of the molecule is CCc1cc2c(cc1N=O)CCC1C2CCC2(C)/C(=C/S)CCC12. The van der Waals surface area contributed by atoms with Crippen LogP contribution < -0.4 is 0 Å². The second kappa shape index (κ2) is 6.01. The summed E-state index contributed by atoms with van der Waals surface area (Å²) in [7, 11) is 0. The first-order valence-corrected chi connectivity index (χ1v) is 9.96. The monoisotopic (exact) mass is 341 g/mol. The lowest BCUT2D eigenvalue weighted by molar-refractivity contribution is 0.0816. The highest BCUT2D eigenvalue weighted by Crippen LogP contribution is 2.63. The van der Waals surface area contributed by atoms with E-state index >= 15 is 0 Å². The summed E-state index contributed by atoms with van der Waals surface area (Å²) in [4.78, 5) is 11.2. The number of nitroso groups, excluding NO2 is 1. The number of rotatable bonds is 2. The maximum absolute atomic E-state index is 11.2. The van der Waals surface area contributed by atoms with Crippen LogP contribution in [0, 0.1) is 22.2 Å². The number of benzene rings is 1. The fraction of sp³-hybridized carbons (Fsp3) is 0.619. The molecule has 0 spiro atoms. The van der Waals surface area contributed by atoms with Crippen molar-refractivity contribution >= 4 is 18.3 Å². The Morgan fingerprint density at radius 2 is 2.12 bits per heavy atom. The molecule has 1 aromatic rings. The Balaban J connectivity index is 1.73. The molecule has 1 aromatic carbocycles. The first-order chi connectivity index (χ1) is 11.6. The summed E-state index contributed by atoms with van der Waals surface area (Å²) in [5.74, 6) is 2.27. The molecule has 4 unspecified atom stereocenters. The predicted molar refractivity (Wildman–Crippen MR) is 103 cm³/mol. The number of hydrogen-bond acceptors (Lipinski definition) is 3. The number of thiol groups is 1. The number of fused-ring (bicyclic) bond motifs is 5. The van der Waals surface area contributed by atoms with Crippen molar-refractivity contribution in [3.8, 4) is 0 Å². The largest absolute Gasteiger partial charge is 0.151 e. The van der Waals surface area contributed by atoms with Crippen LogP contribution in [-0.4, -0.2) is 0 Å². The second-order valence-corrected chi connectivity index (χ2v) is 8.45. The van der Waals surface area contributed by atoms with Crippen molar-refractivity contribution in [1.29, 1.82) is 0 Å².